The first-order chi connectivity index (χ1) is 18.3. The molecule has 0 saturated carbocycles. The summed E-state index contributed by atoms with van der Waals surface area (Å²) in [6, 6.07) is 14.3. The first-order valence-corrected chi connectivity index (χ1v) is 14.7. The van der Waals surface area contributed by atoms with Crippen LogP contribution in [0.25, 0.3) is 10.2 Å². The molecule has 3 heterocycles. The zero-order chi connectivity index (χ0) is 26.9. The summed E-state index contributed by atoms with van der Waals surface area (Å²) in [5.41, 5.74) is 4.09. The Bertz CT molecular complexity index is 1550. The Morgan fingerprint density at radius 3 is 2.50 bits per heavy atom. The largest absolute Gasteiger partial charge is 0.497 e. The van der Waals surface area contributed by atoms with Crippen molar-refractivity contribution in [1.82, 2.24) is 14.3 Å². The summed E-state index contributed by atoms with van der Waals surface area (Å²) in [4.78, 5) is 25.0. The van der Waals surface area contributed by atoms with Gasteiger partial charge in [0.25, 0.3) is 0 Å². The average molecular weight is 551 g/mol. The number of nitrogens with zero attached hydrogens (tertiary/aromatic N) is 4. The molecule has 4 aromatic rings. The molecule has 8 nitrogen and oxygen atoms in total. The number of thiazole rings is 1. The summed E-state index contributed by atoms with van der Waals surface area (Å²) in [6.07, 6.45) is 4.35. The standard InChI is InChI=1S/C28H30N4O4S2/c1-19-6-11-25-26(20(19)2)30-28(37-25)32(18-21-5-4-14-29-17-21)27(33)22-12-15-31(16-13-22)38(34,35)24-9-7-23(36-3)8-10-24/h4-11,14,17,22H,12-13,15-16,18H2,1-3H3. The molecule has 1 amide bonds. The van der Waals surface area contributed by atoms with E-state index in [0.717, 1.165) is 26.9 Å². The van der Waals surface area contributed by atoms with Crippen LogP contribution in [0, 0.1) is 19.8 Å². The van der Waals surface area contributed by atoms with Gasteiger partial charge in [-0.2, -0.15) is 4.31 Å². The second-order valence-corrected chi connectivity index (χ2v) is 12.4. The molecule has 1 aliphatic heterocycles. The molecule has 0 atom stereocenters. The molecule has 0 aliphatic carbocycles. The van der Waals surface area contributed by atoms with Crippen LogP contribution in [0.4, 0.5) is 5.13 Å². The molecule has 38 heavy (non-hydrogen) atoms. The van der Waals surface area contributed by atoms with Crippen molar-refractivity contribution >= 4 is 42.6 Å². The summed E-state index contributed by atoms with van der Waals surface area (Å²) in [5, 5.41) is 0.649. The first-order valence-electron chi connectivity index (χ1n) is 12.5. The molecule has 1 aliphatic rings. The van der Waals surface area contributed by atoms with Crippen LogP contribution in [0.15, 0.2) is 65.8 Å². The summed E-state index contributed by atoms with van der Waals surface area (Å²) < 4.78 is 34.0. The van der Waals surface area contributed by atoms with Gasteiger partial charge < -0.3 is 4.74 Å². The van der Waals surface area contributed by atoms with E-state index in [1.807, 2.05) is 25.1 Å². The molecule has 1 fully saturated rings. The maximum atomic E-state index is 13.9. The highest BCUT2D eigenvalue weighted by molar-refractivity contribution is 7.89. The number of amides is 1. The minimum Gasteiger partial charge on any atom is -0.497 e. The zero-order valence-corrected chi connectivity index (χ0v) is 23.3. The Morgan fingerprint density at radius 2 is 1.84 bits per heavy atom. The van der Waals surface area contributed by atoms with E-state index in [0.29, 0.717) is 30.3 Å². The molecule has 10 heteroatoms. The lowest BCUT2D eigenvalue weighted by molar-refractivity contribution is -0.123. The Kier molecular flexibility index (Phi) is 7.47. The Balaban J connectivity index is 1.37. The number of benzene rings is 2. The van der Waals surface area contributed by atoms with Crippen LogP contribution in [-0.2, 0) is 21.4 Å². The summed E-state index contributed by atoms with van der Waals surface area (Å²) in [5.74, 6) is 0.259. The minimum atomic E-state index is -3.65. The van der Waals surface area contributed by atoms with Gasteiger partial charge >= 0.3 is 0 Å². The minimum absolute atomic E-state index is 0.0382. The third-order valence-corrected chi connectivity index (χ3v) is 10.1. The number of pyridine rings is 1. The second kappa shape index (κ2) is 10.8. The van der Waals surface area contributed by atoms with Crippen molar-refractivity contribution in [3.63, 3.8) is 0 Å². The number of aryl methyl sites for hydroxylation is 2. The van der Waals surface area contributed by atoms with Crippen molar-refractivity contribution in [2.24, 2.45) is 5.92 Å². The van der Waals surface area contributed by atoms with Gasteiger partial charge in [0.05, 0.1) is 28.8 Å². The Hall–Kier alpha value is -3.34. The number of ether oxygens (including phenoxy) is 1. The van der Waals surface area contributed by atoms with Gasteiger partial charge in [-0.1, -0.05) is 23.5 Å². The number of methoxy groups -OCH3 is 1. The molecule has 2 aromatic carbocycles. The van der Waals surface area contributed by atoms with Gasteiger partial charge in [0.1, 0.15) is 5.75 Å². The zero-order valence-electron chi connectivity index (χ0n) is 21.6. The van der Waals surface area contributed by atoms with E-state index >= 15 is 0 Å². The number of sulfonamides is 1. The molecule has 0 bridgehead atoms. The summed E-state index contributed by atoms with van der Waals surface area (Å²) in [7, 11) is -2.11. The van der Waals surface area contributed by atoms with E-state index in [1.54, 1.807) is 48.7 Å². The average Bonchev–Trinajstić information content (AvgIpc) is 3.39. The van der Waals surface area contributed by atoms with Crippen molar-refractivity contribution in [3.05, 3.63) is 77.6 Å². The van der Waals surface area contributed by atoms with Crippen molar-refractivity contribution in [3.8, 4) is 5.75 Å². The number of piperidine rings is 1. The van der Waals surface area contributed by atoms with Crippen LogP contribution in [0.1, 0.15) is 29.5 Å². The van der Waals surface area contributed by atoms with Crippen LogP contribution < -0.4 is 9.64 Å². The maximum absolute atomic E-state index is 13.9. The van der Waals surface area contributed by atoms with Crippen molar-refractivity contribution in [1.29, 1.82) is 0 Å². The van der Waals surface area contributed by atoms with Gasteiger partial charge in [0.15, 0.2) is 5.13 Å². The van der Waals surface area contributed by atoms with E-state index in [9.17, 15) is 13.2 Å². The van der Waals surface area contributed by atoms with Gasteiger partial charge in [-0.05, 0) is 79.8 Å². The number of aromatic nitrogens is 2. The van der Waals surface area contributed by atoms with E-state index in [1.165, 1.54) is 15.6 Å². The normalized spacial score (nSPS) is 15.0. The Morgan fingerprint density at radius 1 is 1.11 bits per heavy atom. The summed E-state index contributed by atoms with van der Waals surface area (Å²) in [6.45, 7) is 5.02. The van der Waals surface area contributed by atoms with E-state index < -0.39 is 10.0 Å². The lowest BCUT2D eigenvalue weighted by Gasteiger charge is -2.33. The van der Waals surface area contributed by atoms with E-state index in [4.69, 9.17) is 9.72 Å². The monoisotopic (exact) mass is 550 g/mol. The van der Waals surface area contributed by atoms with Gasteiger partial charge in [-0.3, -0.25) is 14.7 Å². The fraction of sp³-hybridized carbons (Fsp3) is 0.321. The molecule has 0 N–H and O–H groups in total. The van der Waals surface area contributed by atoms with Gasteiger partial charge in [-0.15, -0.1) is 0 Å². The number of anilines is 1. The SMILES string of the molecule is COc1ccc(S(=O)(=O)N2CCC(C(=O)N(Cc3cccnc3)c3nc4c(C)c(C)ccc4s3)CC2)cc1. The number of rotatable bonds is 7. The quantitative estimate of drug-likeness (QED) is 0.323. The first kappa shape index (κ1) is 26.3. The van der Waals surface area contributed by atoms with Crippen molar-refractivity contribution in [2.45, 2.75) is 38.1 Å². The highest BCUT2D eigenvalue weighted by Crippen LogP contribution is 2.35. The molecule has 0 spiro atoms. The third-order valence-electron chi connectivity index (χ3n) is 7.13. The predicted molar refractivity (Wildman–Crippen MR) is 149 cm³/mol. The highest BCUT2D eigenvalue weighted by Gasteiger charge is 2.35. The molecular formula is C28H30N4O4S2. The van der Waals surface area contributed by atoms with E-state index in [-0.39, 0.29) is 29.8 Å². The van der Waals surface area contributed by atoms with Crippen LogP contribution in [0.2, 0.25) is 0 Å². The van der Waals surface area contributed by atoms with E-state index in [2.05, 4.69) is 18.0 Å². The van der Waals surface area contributed by atoms with Crippen LogP contribution >= 0.6 is 11.3 Å². The number of carbonyl (C=O) groups is 1. The van der Waals surface area contributed by atoms with Crippen LogP contribution in [-0.4, -0.2) is 48.8 Å². The number of hydrogen-bond acceptors (Lipinski definition) is 7. The molecule has 5 rings (SSSR count). The van der Waals surface area contributed by atoms with Gasteiger partial charge in [-0.25, -0.2) is 13.4 Å². The molecule has 0 radical (unpaired) electrons. The molecule has 198 valence electrons. The second-order valence-electron chi connectivity index (χ2n) is 9.49. The van der Waals surface area contributed by atoms with Gasteiger partial charge in [0, 0.05) is 31.4 Å². The third kappa shape index (κ3) is 5.16. The molecular weight excluding hydrogens is 520 g/mol. The van der Waals surface area contributed by atoms with Crippen LogP contribution in [0.3, 0.4) is 0 Å². The highest BCUT2D eigenvalue weighted by atomic mass is 32.2. The predicted octanol–water partition coefficient (Wildman–Crippen LogP) is 4.95. The maximum Gasteiger partial charge on any atom is 0.243 e. The van der Waals surface area contributed by atoms with Gasteiger partial charge in [0.2, 0.25) is 15.9 Å². The molecule has 1 saturated heterocycles. The number of carbonyl (C=O) groups excluding carboxylic acids is 1. The van der Waals surface area contributed by atoms with Crippen LogP contribution in [0.5, 0.6) is 5.75 Å². The topological polar surface area (TPSA) is 92.7 Å². The molecule has 2 aromatic heterocycles. The van der Waals surface area contributed by atoms with Crippen molar-refractivity contribution < 1.29 is 17.9 Å². The smallest absolute Gasteiger partial charge is 0.243 e. The number of hydrogen-bond donors (Lipinski definition) is 0. The Labute approximate surface area is 227 Å². The number of fused-ring (bicyclic) bond motifs is 1. The lowest BCUT2D eigenvalue weighted by atomic mass is 9.96. The van der Waals surface area contributed by atoms with Crippen molar-refractivity contribution in [2.75, 3.05) is 25.1 Å². The lowest BCUT2D eigenvalue weighted by Crippen LogP contribution is -2.44. The fourth-order valence-electron chi connectivity index (χ4n) is 4.70. The molecule has 0 unspecified atom stereocenters. The fourth-order valence-corrected chi connectivity index (χ4v) is 7.20. The summed E-state index contributed by atoms with van der Waals surface area (Å²) >= 11 is 1.50.